The van der Waals surface area contributed by atoms with Crippen LogP contribution in [0.5, 0.6) is 0 Å². The first-order valence-corrected chi connectivity index (χ1v) is 7.49. The maximum absolute atomic E-state index is 12.3. The van der Waals surface area contributed by atoms with E-state index < -0.39 is 15.6 Å². The number of aromatic nitrogens is 1. The Morgan fingerprint density at radius 2 is 2.16 bits per heavy atom. The van der Waals surface area contributed by atoms with Gasteiger partial charge in [0.15, 0.2) is 5.69 Å². The Morgan fingerprint density at radius 3 is 2.74 bits per heavy atom. The van der Waals surface area contributed by atoms with E-state index in [0.717, 1.165) is 12.8 Å². The normalized spacial score (nSPS) is 22.5. The summed E-state index contributed by atoms with van der Waals surface area (Å²) < 4.78 is 25.9. The van der Waals surface area contributed by atoms with Crippen LogP contribution in [0.15, 0.2) is 23.2 Å². The molecular formula is C12H13N3O3S. The summed E-state index contributed by atoms with van der Waals surface area (Å²) in [5, 5.41) is 19.1. The van der Waals surface area contributed by atoms with Crippen LogP contribution in [0.1, 0.15) is 18.5 Å². The monoisotopic (exact) mass is 279 g/mol. The second kappa shape index (κ2) is 4.00. The molecule has 2 heterocycles. The molecule has 1 saturated heterocycles. The molecule has 100 valence electrons. The van der Waals surface area contributed by atoms with Gasteiger partial charge in [0.25, 0.3) is 0 Å². The van der Waals surface area contributed by atoms with Crippen molar-refractivity contribution in [3.8, 4) is 6.07 Å². The summed E-state index contributed by atoms with van der Waals surface area (Å²) in [7, 11) is -3.73. The molecule has 0 spiro atoms. The van der Waals surface area contributed by atoms with Crippen molar-refractivity contribution in [2.45, 2.75) is 23.3 Å². The van der Waals surface area contributed by atoms with Crippen molar-refractivity contribution in [2.75, 3.05) is 13.1 Å². The number of hydrogen-bond acceptors (Lipinski definition) is 5. The van der Waals surface area contributed by atoms with Crippen molar-refractivity contribution in [2.24, 2.45) is 5.92 Å². The molecule has 1 N–H and O–H groups in total. The third-order valence-corrected chi connectivity index (χ3v) is 5.56. The Kier molecular flexibility index (Phi) is 2.64. The van der Waals surface area contributed by atoms with Crippen molar-refractivity contribution >= 4 is 10.0 Å². The molecule has 19 heavy (non-hydrogen) atoms. The second-order valence-electron chi connectivity index (χ2n) is 5.11. The van der Waals surface area contributed by atoms with Gasteiger partial charge in [-0.3, -0.25) is 0 Å². The van der Waals surface area contributed by atoms with Crippen LogP contribution < -0.4 is 0 Å². The number of hydrogen-bond donors (Lipinski definition) is 1. The van der Waals surface area contributed by atoms with E-state index >= 15 is 0 Å². The van der Waals surface area contributed by atoms with E-state index in [2.05, 4.69) is 4.98 Å². The van der Waals surface area contributed by atoms with Crippen molar-refractivity contribution < 1.29 is 13.5 Å². The molecule has 1 aliphatic carbocycles. The van der Waals surface area contributed by atoms with Gasteiger partial charge in [-0.05, 0) is 30.9 Å². The molecule has 0 radical (unpaired) electrons. The molecule has 7 heteroatoms. The standard InChI is InChI=1S/C12H13N3O3S/c13-6-10-11(2-1-5-14-10)19(17,18)15-7-12(16,8-15)9-3-4-9/h1-2,5,9,16H,3-4,7-8H2. The summed E-state index contributed by atoms with van der Waals surface area (Å²) >= 11 is 0. The first kappa shape index (κ1) is 12.5. The number of pyridine rings is 1. The average molecular weight is 279 g/mol. The lowest BCUT2D eigenvalue weighted by atomic mass is 9.91. The van der Waals surface area contributed by atoms with Gasteiger partial charge in [0.05, 0.1) is 5.60 Å². The van der Waals surface area contributed by atoms with E-state index in [-0.39, 0.29) is 29.6 Å². The zero-order chi connectivity index (χ0) is 13.7. The summed E-state index contributed by atoms with van der Waals surface area (Å²) in [4.78, 5) is 3.67. The van der Waals surface area contributed by atoms with Gasteiger partial charge in [-0.15, -0.1) is 0 Å². The number of β-amino-alcohol motifs (C(OH)–C–C–N with tert-alkyl or cyclic N) is 1. The van der Waals surface area contributed by atoms with E-state index in [9.17, 15) is 13.5 Å². The maximum atomic E-state index is 12.3. The highest BCUT2D eigenvalue weighted by Crippen LogP contribution is 2.45. The van der Waals surface area contributed by atoms with Gasteiger partial charge in [0, 0.05) is 19.3 Å². The Labute approximate surface area is 111 Å². The van der Waals surface area contributed by atoms with E-state index in [0.29, 0.717) is 0 Å². The van der Waals surface area contributed by atoms with Crippen LogP contribution in [-0.4, -0.2) is 41.5 Å². The summed E-state index contributed by atoms with van der Waals surface area (Å²) in [5.41, 5.74) is -0.980. The average Bonchev–Trinajstić information content (AvgIpc) is 3.19. The van der Waals surface area contributed by atoms with Gasteiger partial charge >= 0.3 is 0 Å². The van der Waals surface area contributed by atoms with Gasteiger partial charge < -0.3 is 5.11 Å². The molecule has 1 aromatic rings. The highest BCUT2D eigenvalue weighted by atomic mass is 32.2. The molecule has 0 aromatic carbocycles. The summed E-state index contributed by atoms with van der Waals surface area (Å²) in [6.07, 6.45) is 3.30. The Bertz CT molecular complexity index is 655. The molecule has 3 rings (SSSR count). The van der Waals surface area contributed by atoms with Gasteiger partial charge in [-0.1, -0.05) is 0 Å². The number of nitriles is 1. The molecule has 0 bridgehead atoms. The van der Waals surface area contributed by atoms with Crippen molar-refractivity contribution in [3.05, 3.63) is 24.0 Å². The minimum Gasteiger partial charge on any atom is -0.387 e. The second-order valence-corrected chi connectivity index (χ2v) is 7.02. The third kappa shape index (κ3) is 1.92. The molecule has 0 amide bonds. The first-order valence-electron chi connectivity index (χ1n) is 6.05. The van der Waals surface area contributed by atoms with Crippen LogP contribution >= 0.6 is 0 Å². The Morgan fingerprint density at radius 1 is 1.47 bits per heavy atom. The van der Waals surface area contributed by atoms with E-state index in [1.807, 2.05) is 0 Å². The minimum absolute atomic E-state index is 0.0876. The van der Waals surface area contributed by atoms with E-state index in [1.54, 1.807) is 6.07 Å². The van der Waals surface area contributed by atoms with Crippen LogP contribution in [-0.2, 0) is 10.0 Å². The number of nitrogens with zero attached hydrogens (tertiary/aromatic N) is 3. The molecule has 6 nitrogen and oxygen atoms in total. The lowest BCUT2D eigenvalue weighted by Gasteiger charge is -2.45. The fourth-order valence-corrected chi connectivity index (χ4v) is 4.09. The Balaban J connectivity index is 1.87. The van der Waals surface area contributed by atoms with Gasteiger partial charge in [0.2, 0.25) is 10.0 Å². The zero-order valence-corrected chi connectivity index (χ0v) is 11.0. The lowest BCUT2D eigenvalue weighted by Crippen LogP contribution is -2.64. The lowest BCUT2D eigenvalue weighted by molar-refractivity contribution is -0.0764. The molecular weight excluding hydrogens is 266 g/mol. The van der Waals surface area contributed by atoms with Gasteiger partial charge in [-0.25, -0.2) is 13.4 Å². The smallest absolute Gasteiger partial charge is 0.246 e. The predicted molar refractivity (Wildman–Crippen MR) is 65.4 cm³/mol. The van der Waals surface area contributed by atoms with Crippen molar-refractivity contribution in [3.63, 3.8) is 0 Å². The number of sulfonamides is 1. The maximum Gasteiger partial charge on any atom is 0.246 e. The summed E-state index contributed by atoms with van der Waals surface area (Å²) in [6, 6.07) is 4.64. The quantitative estimate of drug-likeness (QED) is 0.846. The van der Waals surface area contributed by atoms with Crippen molar-refractivity contribution in [1.82, 2.24) is 9.29 Å². The van der Waals surface area contributed by atoms with Crippen LogP contribution in [0.3, 0.4) is 0 Å². The number of aliphatic hydroxyl groups is 1. The zero-order valence-electron chi connectivity index (χ0n) is 10.2. The van der Waals surface area contributed by atoms with Crippen LogP contribution in [0.25, 0.3) is 0 Å². The molecule has 1 saturated carbocycles. The van der Waals surface area contributed by atoms with Crippen LogP contribution in [0, 0.1) is 17.2 Å². The predicted octanol–water partition coefficient (Wildman–Crippen LogP) is 0.0987. The van der Waals surface area contributed by atoms with Crippen LogP contribution in [0.4, 0.5) is 0 Å². The molecule has 2 fully saturated rings. The number of rotatable bonds is 3. The molecule has 1 aromatic heterocycles. The van der Waals surface area contributed by atoms with Crippen molar-refractivity contribution in [1.29, 1.82) is 5.26 Å². The van der Waals surface area contributed by atoms with Gasteiger partial charge in [0.1, 0.15) is 11.0 Å². The first-order chi connectivity index (χ1) is 8.97. The Hall–Kier alpha value is -1.49. The van der Waals surface area contributed by atoms with Crippen LogP contribution in [0.2, 0.25) is 0 Å². The summed E-state index contributed by atoms with van der Waals surface area (Å²) in [6.45, 7) is 0.222. The summed E-state index contributed by atoms with van der Waals surface area (Å²) in [5.74, 6) is 0.225. The SMILES string of the molecule is N#Cc1ncccc1S(=O)(=O)N1CC(O)(C2CC2)C1. The molecule has 2 aliphatic rings. The fourth-order valence-electron chi connectivity index (χ4n) is 2.44. The highest BCUT2D eigenvalue weighted by Gasteiger charge is 2.55. The molecule has 0 unspecified atom stereocenters. The molecule has 0 atom stereocenters. The third-order valence-electron chi connectivity index (χ3n) is 3.73. The van der Waals surface area contributed by atoms with Gasteiger partial charge in [-0.2, -0.15) is 9.57 Å². The van der Waals surface area contributed by atoms with E-state index in [4.69, 9.17) is 5.26 Å². The minimum atomic E-state index is -3.73. The topological polar surface area (TPSA) is 94.3 Å². The largest absolute Gasteiger partial charge is 0.387 e. The fraction of sp³-hybridized carbons (Fsp3) is 0.500. The highest BCUT2D eigenvalue weighted by molar-refractivity contribution is 7.89. The molecule has 1 aliphatic heterocycles. The van der Waals surface area contributed by atoms with E-state index in [1.165, 1.54) is 22.6 Å².